The predicted molar refractivity (Wildman–Crippen MR) is 97.0 cm³/mol. The smallest absolute Gasteiger partial charge is 0.224 e. The van der Waals surface area contributed by atoms with Crippen LogP contribution in [0.3, 0.4) is 0 Å². The van der Waals surface area contributed by atoms with E-state index in [4.69, 9.17) is 0 Å². The minimum Gasteiger partial charge on any atom is -0.353 e. The number of hydrogen-bond acceptors (Lipinski definition) is 4. The molecule has 3 nitrogen and oxygen atoms in total. The largest absolute Gasteiger partial charge is 0.353 e. The molecule has 0 saturated heterocycles. The van der Waals surface area contributed by atoms with E-state index in [2.05, 4.69) is 15.7 Å². The average Bonchev–Trinajstić information content (AvgIpc) is 2.95. The number of nitrogens with zero attached hydrogens (tertiary/aromatic N) is 1. The first-order valence-corrected chi connectivity index (χ1v) is 9.87. The van der Waals surface area contributed by atoms with Crippen molar-refractivity contribution in [1.29, 1.82) is 0 Å². The monoisotopic (exact) mass is 346 g/mol. The second-order valence-electron chi connectivity index (χ2n) is 6.08. The first kappa shape index (κ1) is 16.5. The summed E-state index contributed by atoms with van der Waals surface area (Å²) in [5.41, 5.74) is 2.19. The fourth-order valence-electron chi connectivity index (χ4n) is 2.91. The number of hydrogen-bond donors (Lipinski definition) is 1. The average molecular weight is 347 g/mol. The summed E-state index contributed by atoms with van der Waals surface area (Å²) >= 11 is 3.64. The molecular formula is C18H22N2OS2. The molecule has 1 N–H and O–H groups in total. The van der Waals surface area contributed by atoms with Crippen LogP contribution in [0.2, 0.25) is 0 Å². The summed E-state index contributed by atoms with van der Waals surface area (Å²) in [5.74, 6) is 0.142. The Bertz CT molecular complexity index is 633. The van der Waals surface area contributed by atoms with E-state index in [1.807, 2.05) is 49.0 Å². The summed E-state index contributed by atoms with van der Waals surface area (Å²) in [7, 11) is 0. The summed E-state index contributed by atoms with van der Waals surface area (Å²) in [4.78, 5) is 16.7. The molecule has 1 amide bonds. The van der Waals surface area contributed by atoms with Crippen LogP contribution in [-0.2, 0) is 11.2 Å². The molecule has 1 aromatic carbocycles. The standard InChI is InChI=1S/C18H22N2OS2/c1-13-12-22-18(19-13)23-16-9-7-15(8-10-16)20-17(21)11-14-5-3-2-4-6-14/h2-6,12,15-16H,7-11H2,1H3,(H,20,21). The van der Waals surface area contributed by atoms with E-state index in [-0.39, 0.29) is 5.91 Å². The van der Waals surface area contributed by atoms with Crippen LogP contribution in [0, 0.1) is 6.92 Å². The molecule has 1 heterocycles. The van der Waals surface area contributed by atoms with Gasteiger partial charge in [-0.1, -0.05) is 42.1 Å². The number of aryl methyl sites for hydroxylation is 1. The summed E-state index contributed by atoms with van der Waals surface area (Å²) in [5, 5.41) is 5.95. The highest BCUT2D eigenvalue weighted by Crippen LogP contribution is 2.35. The van der Waals surface area contributed by atoms with Crippen molar-refractivity contribution in [3.8, 4) is 0 Å². The Morgan fingerprint density at radius 2 is 2.00 bits per heavy atom. The van der Waals surface area contributed by atoms with Crippen molar-refractivity contribution >= 4 is 29.0 Å². The van der Waals surface area contributed by atoms with Crippen LogP contribution < -0.4 is 5.32 Å². The Hall–Kier alpha value is -1.33. The second kappa shape index (κ2) is 7.97. The van der Waals surface area contributed by atoms with Crippen molar-refractivity contribution in [3.05, 3.63) is 47.0 Å². The molecule has 23 heavy (non-hydrogen) atoms. The lowest BCUT2D eigenvalue weighted by Crippen LogP contribution is -2.38. The van der Waals surface area contributed by atoms with Gasteiger partial charge >= 0.3 is 0 Å². The van der Waals surface area contributed by atoms with Gasteiger partial charge in [0.1, 0.15) is 4.34 Å². The van der Waals surface area contributed by atoms with Gasteiger partial charge in [0.05, 0.1) is 6.42 Å². The number of thiazole rings is 1. The third kappa shape index (κ3) is 5.08. The van der Waals surface area contributed by atoms with Gasteiger partial charge in [0, 0.05) is 22.4 Å². The molecule has 1 aliphatic carbocycles. The van der Waals surface area contributed by atoms with E-state index in [1.165, 1.54) is 4.34 Å². The number of thioether (sulfide) groups is 1. The van der Waals surface area contributed by atoms with E-state index < -0.39 is 0 Å². The predicted octanol–water partition coefficient (Wildman–Crippen LogP) is 4.21. The Balaban J connectivity index is 1.41. The van der Waals surface area contributed by atoms with Gasteiger partial charge in [-0.2, -0.15) is 0 Å². The maximum absolute atomic E-state index is 12.1. The normalized spacial score (nSPS) is 21.1. The lowest BCUT2D eigenvalue weighted by Gasteiger charge is -2.28. The van der Waals surface area contributed by atoms with Crippen LogP contribution in [0.5, 0.6) is 0 Å². The van der Waals surface area contributed by atoms with Gasteiger partial charge < -0.3 is 5.32 Å². The highest BCUT2D eigenvalue weighted by molar-refractivity contribution is 8.01. The summed E-state index contributed by atoms with van der Waals surface area (Å²) in [6.07, 6.45) is 4.93. The minimum atomic E-state index is 0.142. The van der Waals surface area contributed by atoms with E-state index >= 15 is 0 Å². The molecule has 0 bridgehead atoms. The second-order valence-corrected chi connectivity index (χ2v) is 8.48. The van der Waals surface area contributed by atoms with E-state index in [1.54, 1.807) is 11.3 Å². The molecule has 0 unspecified atom stereocenters. The Labute approximate surface area is 145 Å². The number of carbonyl (C=O) groups is 1. The van der Waals surface area contributed by atoms with Crippen LogP contribution in [0.15, 0.2) is 40.1 Å². The van der Waals surface area contributed by atoms with Gasteiger partial charge in [0.2, 0.25) is 5.91 Å². The van der Waals surface area contributed by atoms with Crippen molar-refractivity contribution in [2.75, 3.05) is 0 Å². The van der Waals surface area contributed by atoms with Crippen molar-refractivity contribution < 1.29 is 4.79 Å². The molecule has 1 fully saturated rings. The van der Waals surface area contributed by atoms with Crippen LogP contribution in [-0.4, -0.2) is 22.2 Å². The third-order valence-electron chi connectivity index (χ3n) is 4.11. The summed E-state index contributed by atoms with van der Waals surface area (Å²) in [6.45, 7) is 2.04. The maximum atomic E-state index is 12.1. The molecule has 0 aliphatic heterocycles. The zero-order valence-electron chi connectivity index (χ0n) is 13.3. The lowest BCUT2D eigenvalue weighted by molar-refractivity contribution is -0.121. The minimum absolute atomic E-state index is 0.142. The Morgan fingerprint density at radius 3 is 2.65 bits per heavy atom. The quantitative estimate of drug-likeness (QED) is 0.881. The van der Waals surface area contributed by atoms with Crippen LogP contribution in [0.25, 0.3) is 0 Å². The number of carbonyl (C=O) groups excluding carboxylic acids is 1. The first-order valence-electron chi connectivity index (χ1n) is 8.11. The molecule has 5 heteroatoms. The molecule has 0 spiro atoms. The fourth-order valence-corrected chi connectivity index (χ4v) is 5.20. The molecule has 2 aromatic rings. The van der Waals surface area contributed by atoms with Crippen LogP contribution in [0.4, 0.5) is 0 Å². The Kier molecular flexibility index (Phi) is 5.73. The van der Waals surface area contributed by atoms with E-state index in [0.717, 1.165) is 36.9 Å². The van der Waals surface area contributed by atoms with Crippen LogP contribution >= 0.6 is 23.1 Å². The van der Waals surface area contributed by atoms with Crippen molar-refractivity contribution in [3.63, 3.8) is 0 Å². The summed E-state index contributed by atoms with van der Waals surface area (Å²) in [6, 6.07) is 10.3. The van der Waals surface area contributed by atoms with Gasteiger partial charge in [0.25, 0.3) is 0 Å². The number of benzene rings is 1. The number of rotatable bonds is 5. The first-order chi connectivity index (χ1) is 11.2. The molecule has 0 atom stereocenters. The molecule has 0 radical (unpaired) electrons. The van der Waals surface area contributed by atoms with Crippen molar-refractivity contribution in [2.24, 2.45) is 0 Å². The topological polar surface area (TPSA) is 42.0 Å². The third-order valence-corrected chi connectivity index (χ3v) is 6.54. The lowest BCUT2D eigenvalue weighted by atomic mass is 9.95. The highest BCUT2D eigenvalue weighted by Gasteiger charge is 2.23. The molecule has 1 aliphatic rings. The zero-order chi connectivity index (χ0) is 16.1. The van der Waals surface area contributed by atoms with Crippen molar-refractivity contribution in [1.82, 2.24) is 10.3 Å². The van der Waals surface area contributed by atoms with Crippen molar-refractivity contribution in [2.45, 2.75) is 54.7 Å². The fraction of sp³-hybridized carbons (Fsp3) is 0.444. The molecule has 122 valence electrons. The van der Waals surface area contributed by atoms with Gasteiger partial charge in [-0.05, 0) is 38.2 Å². The van der Waals surface area contributed by atoms with Crippen LogP contribution in [0.1, 0.15) is 36.9 Å². The molecule has 1 aromatic heterocycles. The van der Waals surface area contributed by atoms with E-state index in [9.17, 15) is 4.79 Å². The van der Waals surface area contributed by atoms with Gasteiger partial charge in [-0.25, -0.2) is 4.98 Å². The summed E-state index contributed by atoms with van der Waals surface area (Å²) < 4.78 is 1.18. The number of nitrogens with one attached hydrogen (secondary N) is 1. The SMILES string of the molecule is Cc1csc(SC2CCC(NC(=O)Cc3ccccc3)CC2)n1. The maximum Gasteiger partial charge on any atom is 0.224 e. The highest BCUT2D eigenvalue weighted by atomic mass is 32.2. The van der Waals surface area contributed by atoms with Gasteiger partial charge in [-0.15, -0.1) is 11.3 Å². The zero-order valence-corrected chi connectivity index (χ0v) is 15.0. The molecule has 3 rings (SSSR count). The number of aromatic nitrogens is 1. The number of amides is 1. The van der Waals surface area contributed by atoms with Gasteiger partial charge in [0.15, 0.2) is 0 Å². The van der Waals surface area contributed by atoms with Gasteiger partial charge in [-0.3, -0.25) is 4.79 Å². The molecule has 1 saturated carbocycles. The Morgan fingerprint density at radius 1 is 1.26 bits per heavy atom. The van der Waals surface area contributed by atoms with E-state index in [0.29, 0.717) is 17.7 Å². The molecular weight excluding hydrogens is 324 g/mol.